The van der Waals surface area contributed by atoms with Crippen LogP contribution in [0, 0.1) is 5.92 Å². The molecule has 0 saturated heterocycles. The summed E-state index contributed by atoms with van der Waals surface area (Å²) in [5.41, 5.74) is 8.56. The molecular formula is C12H15NO. The van der Waals surface area contributed by atoms with E-state index in [2.05, 4.69) is 12.1 Å². The van der Waals surface area contributed by atoms with Crippen molar-refractivity contribution in [2.75, 3.05) is 0 Å². The molecule has 0 radical (unpaired) electrons. The lowest BCUT2D eigenvalue weighted by Crippen LogP contribution is -2.37. The van der Waals surface area contributed by atoms with Crippen LogP contribution in [0.3, 0.4) is 0 Å². The number of hydrogen-bond acceptors (Lipinski definition) is 2. The van der Waals surface area contributed by atoms with Crippen LogP contribution in [0.15, 0.2) is 24.3 Å². The van der Waals surface area contributed by atoms with Crippen molar-refractivity contribution in [3.8, 4) is 0 Å². The first-order valence-electron chi connectivity index (χ1n) is 5.01. The lowest BCUT2D eigenvalue weighted by molar-refractivity contribution is -0.119. The van der Waals surface area contributed by atoms with Crippen LogP contribution in [0.5, 0.6) is 0 Å². The number of benzene rings is 1. The zero-order valence-corrected chi connectivity index (χ0v) is 8.36. The Kier molecular flexibility index (Phi) is 2.38. The van der Waals surface area contributed by atoms with Gasteiger partial charge in [0, 0.05) is 0 Å². The Balaban J connectivity index is 2.15. The quantitative estimate of drug-likeness (QED) is 0.762. The second-order valence-corrected chi connectivity index (χ2v) is 4.07. The maximum Gasteiger partial charge on any atom is 0.146 e. The minimum absolute atomic E-state index is 0.0998. The Labute approximate surface area is 84.1 Å². The molecule has 1 aromatic carbocycles. The standard InChI is InChI=1S/C12H15NO/c1-8(14)12(13)11-6-9-4-2-3-5-10(9)7-11/h2-5,11-12H,6-7,13H2,1H3/t12-/m1/s1. The molecule has 2 rings (SSSR count). The number of hydrogen-bond donors (Lipinski definition) is 1. The van der Waals surface area contributed by atoms with E-state index in [4.69, 9.17) is 5.73 Å². The number of fused-ring (bicyclic) bond motifs is 1. The molecule has 1 aliphatic carbocycles. The van der Waals surface area contributed by atoms with Crippen LogP contribution >= 0.6 is 0 Å². The summed E-state index contributed by atoms with van der Waals surface area (Å²) in [4.78, 5) is 11.2. The number of carbonyl (C=O) groups excluding carboxylic acids is 1. The van der Waals surface area contributed by atoms with E-state index >= 15 is 0 Å². The number of nitrogens with two attached hydrogens (primary N) is 1. The van der Waals surface area contributed by atoms with Gasteiger partial charge in [0.1, 0.15) is 5.78 Å². The fourth-order valence-electron chi connectivity index (χ4n) is 2.18. The van der Waals surface area contributed by atoms with E-state index in [-0.39, 0.29) is 11.8 Å². The third-order valence-corrected chi connectivity index (χ3v) is 3.06. The molecule has 0 bridgehead atoms. The van der Waals surface area contributed by atoms with Crippen molar-refractivity contribution in [1.29, 1.82) is 0 Å². The van der Waals surface area contributed by atoms with Gasteiger partial charge in [0.05, 0.1) is 6.04 Å². The Hall–Kier alpha value is -1.15. The average Bonchev–Trinajstić information content (AvgIpc) is 2.59. The van der Waals surface area contributed by atoms with Crippen molar-refractivity contribution in [2.24, 2.45) is 11.7 Å². The summed E-state index contributed by atoms with van der Waals surface area (Å²) in [5, 5.41) is 0. The van der Waals surface area contributed by atoms with Crippen LogP contribution in [0.2, 0.25) is 0 Å². The molecule has 2 N–H and O–H groups in total. The SMILES string of the molecule is CC(=O)[C@@H](N)C1Cc2ccccc2C1. The number of rotatable bonds is 2. The van der Waals surface area contributed by atoms with Gasteiger partial charge in [0.15, 0.2) is 0 Å². The first kappa shape index (κ1) is 9.41. The van der Waals surface area contributed by atoms with Gasteiger partial charge in [-0.1, -0.05) is 24.3 Å². The highest BCUT2D eigenvalue weighted by atomic mass is 16.1. The molecule has 0 unspecified atom stereocenters. The summed E-state index contributed by atoms with van der Waals surface area (Å²) in [7, 11) is 0. The molecule has 0 aromatic heterocycles. The number of ketones is 1. The van der Waals surface area contributed by atoms with E-state index in [0.29, 0.717) is 5.92 Å². The number of carbonyl (C=O) groups is 1. The Morgan fingerprint density at radius 3 is 2.29 bits per heavy atom. The summed E-state index contributed by atoms with van der Waals surface area (Å²) in [6.07, 6.45) is 1.91. The van der Waals surface area contributed by atoms with Gasteiger partial charge < -0.3 is 5.73 Å². The van der Waals surface area contributed by atoms with Gasteiger partial charge >= 0.3 is 0 Å². The van der Waals surface area contributed by atoms with E-state index in [1.54, 1.807) is 6.92 Å². The first-order chi connectivity index (χ1) is 6.68. The highest BCUT2D eigenvalue weighted by molar-refractivity contribution is 5.81. The first-order valence-corrected chi connectivity index (χ1v) is 5.01. The smallest absolute Gasteiger partial charge is 0.146 e. The fraction of sp³-hybridized carbons (Fsp3) is 0.417. The van der Waals surface area contributed by atoms with Gasteiger partial charge in [0.25, 0.3) is 0 Å². The summed E-state index contributed by atoms with van der Waals surface area (Å²) in [6, 6.07) is 8.05. The molecule has 0 saturated carbocycles. The molecule has 0 amide bonds. The van der Waals surface area contributed by atoms with Gasteiger partial charge in [-0.15, -0.1) is 0 Å². The van der Waals surface area contributed by atoms with Crippen LogP contribution in [0.25, 0.3) is 0 Å². The zero-order valence-electron chi connectivity index (χ0n) is 8.36. The van der Waals surface area contributed by atoms with Crippen LogP contribution < -0.4 is 5.73 Å². The van der Waals surface area contributed by atoms with Gasteiger partial charge in [-0.3, -0.25) is 4.79 Å². The van der Waals surface area contributed by atoms with Crippen LogP contribution in [-0.4, -0.2) is 11.8 Å². The Morgan fingerprint density at radius 2 is 1.86 bits per heavy atom. The highest BCUT2D eigenvalue weighted by Gasteiger charge is 2.28. The number of Topliss-reactive ketones (excluding diaryl/α,β-unsaturated/α-hetero) is 1. The molecule has 1 aromatic rings. The minimum Gasteiger partial charge on any atom is -0.321 e. The molecule has 2 heteroatoms. The van der Waals surface area contributed by atoms with Crippen molar-refractivity contribution in [1.82, 2.24) is 0 Å². The molecule has 0 fully saturated rings. The third kappa shape index (κ3) is 1.58. The Morgan fingerprint density at radius 1 is 1.36 bits per heavy atom. The summed E-state index contributed by atoms with van der Waals surface area (Å²) < 4.78 is 0. The molecule has 0 spiro atoms. The van der Waals surface area contributed by atoms with Crippen LogP contribution in [-0.2, 0) is 17.6 Å². The predicted octanol–water partition coefficient (Wildman–Crippen LogP) is 1.32. The lowest BCUT2D eigenvalue weighted by Gasteiger charge is -2.14. The maximum atomic E-state index is 11.2. The zero-order chi connectivity index (χ0) is 10.1. The van der Waals surface area contributed by atoms with Crippen LogP contribution in [0.1, 0.15) is 18.1 Å². The third-order valence-electron chi connectivity index (χ3n) is 3.06. The van der Waals surface area contributed by atoms with Gasteiger partial charge in [0.2, 0.25) is 0 Å². The van der Waals surface area contributed by atoms with E-state index < -0.39 is 0 Å². The topological polar surface area (TPSA) is 43.1 Å². The van der Waals surface area contributed by atoms with Crippen molar-refractivity contribution in [3.05, 3.63) is 35.4 Å². The van der Waals surface area contributed by atoms with Crippen LogP contribution in [0.4, 0.5) is 0 Å². The normalized spacial score (nSPS) is 17.9. The van der Waals surface area contributed by atoms with E-state index in [1.807, 2.05) is 12.1 Å². The monoisotopic (exact) mass is 189 g/mol. The molecule has 74 valence electrons. The van der Waals surface area contributed by atoms with E-state index in [9.17, 15) is 4.79 Å². The van der Waals surface area contributed by atoms with Crippen molar-refractivity contribution >= 4 is 5.78 Å². The molecule has 2 nitrogen and oxygen atoms in total. The van der Waals surface area contributed by atoms with Crippen molar-refractivity contribution in [2.45, 2.75) is 25.8 Å². The maximum absolute atomic E-state index is 11.2. The predicted molar refractivity (Wildman–Crippen MR) is 56.0 cm³/mol. The highest BCUT2D eigenvalue weighted by Crippen LogP contribution is 2.28. The van der Waals surface area contributed by atoms with Gasteiger partial charge in [-0.05, 0) is 36.8 Å². The molecule has 1 atom stereocenters. The minimum atomic E-state index is -0.289. The molecule has 1 aliphatic rings. The second-order valence-electron chi connectivity index (χ2n) is 4.07. The second kappa shape index (κ2) is 3.54. The summed E-state index contributed by atoms with van der Waals surface area (Å²) in [6.45, 7) is 1.58. The summed E-state index contributed by atoms with van der Waals surface area (Å²) >= 11 is 0. The van der Waals surface area contributed by atoms with Crippen molar-refractivity contribution in [3.63, 3.8) is 0 Å². The van der Waals surface area contributed by atoms with Gasteiger partial charge in [-0.25, -0.2) is 0 Å². The van der Waals surface area contributed by atoms with Crippen molar-refractivity contribution < 1.29 is 4.79 Å². The van der Waals surface area contributed by atoms with E-state index in [0.717, 1.165) is 12.8 Å². The van der Waals surface area contributed by atoms with E-state index in [1.165, 1.54) is 11.1 Å². The molecule has 14 heavy (non-hydrogen) atoms. The fourth-order valence-corrected chi connectivity index (χ4v) is 2.18. The summed E-state index contributed by atoms with van der Waals surface area (Å²) in [5.74, 6) is 0.410. The Bertz CT molecular complexity index is 334. The lowest BCUT2D eigenvalue weighted by atomic mass is 9.95. The molecular weight excluding hydrogens is 174 g/mol. The molecule has 0 heterocycles. The molecule has 0 aliphatic heterocycles. The average molecular weight is 189 g/mol. The van der Waals surface area contributed by atoms with Gasteiger partial charge in [-0.2, -0.15) is 0 Å². The largest absolute Gasteiger partial charge is 0.321 e.